The molecule has 3 atom stereocenters. The number of fused-ring (bicyclic) bond motifs is 2. The van der Waals surface area contributed by atoms with Gasteiger partial charge in [0.2, 0.25) is 17.7 Å². The number of thiazole rings is 1. The van der Waals surface area contributed by atoms with E-state index in [0.717, 1.165) is 46.2 Å². The number of para-hydroxylation sites is 1. The smallest absolute Gasteiger partial charge is 0.416 e. The molecule has 9 nitrogen and oxygen atoms in total. The second kappa shape index (κ2) is 11.7. The van der Waals surface area contributed by atoms with Gasteiger partial charge in [-0.2, -0.15) is 13.2 Å². The summed E-state index contributed by atoms with van der Waals surface area (Å²) in [4.78, 5) is 55.1. The van der Waals surface area contributed by atoms with Crippen LogP contribution < -0.4 is 24.6 Å². The number of carbonyl (C=O) groups is 3. The van der Waals surface area contributed by atoms with Crippen molar-refractivity contribution in [2.45, 2.75) is 28.9 Å². The van der Waals surface area contributed by atoms with Gasteiger partial charge >= 0.3 is 11.0 Å². The Kier molecular flexibility index (Phi) is 7.95. The van der Waals surface area contributed by atoms with Crippen LogP contribution in [0.3, 0.4) is 0 Å². The van der Waals surface area contributed by atoms with Gasteiger partial charge in [0, 0.05) is 16.5 Å². The number of carbonyl (C=O) groups excluding carboxylic acids is 3. The highest BCUT2D eigenvalue weighted by atomic mass is 32.2. The van der Waals surface area contributed by atoms with Gasteiger partial charge in [0.1, 0.15) is 11.8 Å². The van der Waals surface area contributed by atoms with Crippen LogP contribution in [-0.4, -0.2) is 41.8 Å². The SMILES string of the molecule is COc1ccc([C@H]2c3sc(=O)n(CC(=O)Nc4ccccc4)c3SC3C(=O)N(c4cccc(C(F)(F)F)c4)C(=O)C32)cc1OC. The third-order valence-corrected chi connectivity index (χ3v) is 10.2. The van der Waals surface area contributed by atoms with Gasteiger partial charge in [0.05, 0.1) is 36.4 Å². The van der Waals surface area contributed by atoms with E-state index in [-0.39, 0.29) is 12.2 Å². The maximum Gasteiger partial charge on any atom is 0.416 e. The fourth-order valence-corrected chi connectivity index (χ4v) is 8.38. The van der Waals surface area contributed by atoms with Crippen molar-refractivity contribution in [3.05, 3.63) is 98.5 Å². The van der Waals surface area contributed by atoms with Crippen LogP contribution in [-0.2, 0) is 27.1 Å². The number of hydrogen-bond acceptors (Lipinski definition) is 8. The average molecular weight is 656 g/mol. The number of halogens is 3. The van der Waals surface area contributed by atoms with Crippen molar-refractivity contribution < 1.29 is 37.0 Å². The number of imide groups is 1. The van der Waals surface area contributed by atoms with Crippen molar-refractivity contribution in [2.24, 2.45) is 5.92 Å². The van der Waals surface area contributed by atoms with E-state index in [4.69, 9.17) is 9.47 Å². The van der Waals surface area contributed by atoms with E-state index in [1.54, 1.807) is 48.5 Å². The maximum absolute atomic E-state index is 14.1. The van der Waals surface area contributed by atoms with Gasteiger partial charge in [-0.3, -0.25) is 23.7 Å². The van der Waals surface area contributed by atoms with Crippen molar-refractivity contribution in [3.63, 3.8) is 0 Å². The number of rotatable bonds is 7. The van der Waals surface area contributed by atoms with Gasteiger partial charge in [-0.25, -0.2) is 4.90 Å². The molecule has 1 aromatic heterocycles. The van der Waals surface area contributed by atoms with Gasteiger partial charge < -0.3 is 14.8 Å². The minimum atomic E-state index is -4.69. The van der Waals surface area contributed by atoms with Crippen LogP contribution in [0.15, 0.2) is 82.6 Å². The van der Waals surface area contributed by atoms with Crippen LogP contribution in [0.5, 0.6) is 11.5 Å². The zero-order valence-electron chi connectivity index (χ0n) is 23.7. The van der Waals surface area contributed by atoms with Crippen molar-refractivity contribution in [2.75, 3.05) is 24.4 Å². The molecule has 1 saturated heterocycles. The third kappa shape index (κ3) is 5.48. The molecule has 232 valence electrons. The number of amides is 3. The van der Waals surface area contributed by atoms with E-state index in [0.29, 0.717) is 32.7 Å². The van der Waals surface area contributed by atoms with Gasteiger partial charge in [-0.05, 0) is 48.0 Å². The number of ether oxygens (including phenoxy) is 2. The van der Waals surface area contributed by atoms with Crippen LogP contribution in [0.2, 0.25) is 0 Å². The number of nitrogens with zero attached hydrogens (tertiary/aromatic N) is 2. The molecule has 0 bridgehead atoms. The van der Waals surface area contributed by atoms with Crippen molar-refractivity contribution in [1.29, 1.82) is 0 Å². The van der Waals surface area contributed by atoms with E-state index in [1.807, 2.05) is 0 Å². The molecule has 3 amide bonds. The molecule has 0 spiro atoms. The Morgan fingerprint density at radius 3 is 2.33 bits per heavy atom. The lowest BCUT2D eigenvalue weighted by molar-refractivity contribution is -0.137. The van der Waals surface area contributed by atoms with Crippen LogP contribution in [0, 0.1) is 5.92 Å². The molecule has 2 unspecified atom stereocenters. The van der Waals surface area contributed by atoms with Gasteiger partial charge in [0.15, 0.2) is 11.5 Å². The lowest BCUT2D eigenvalue weighted by atomic mass is 9.83. The summed E-state index contributed by atoms with van der Waals surface area (Å²) in [5, 5.41) is 1.98. The molecule has 0 saturated carbocycles. The Bertz CT molecular complexity index is 1870. The molecule has 1 fully saturated rings. The van der Waals surface area contributed by atoms with E-state index < -0.39 is 51.4 Å². The second-order valence-electron chi connectivity index (χ2n) is 10.3. The summed E-state index contributed by atoms with van der Waals surface area (Å²) < 4.78 is 52.7. The molecule has 14 heteroatoms. The van der Waals surface area contributed by atoms with Gasteiger partial charge in [-0.1, -0.05) is 53.4 Å². The zero-order valence-corrected chi connectivity index (χ0v) is 25.3. The highest BCUT2D eigenvalue weighted by Crippen LogP contribution is 2.54. The van der Waals surface area contributed by atoms with Gasteiger partial charge in [-0.15, -0.1) is 0 Å². The number of anilines is 2. The maximum atomic E-state index is 14.1. The topological polar surface area (TPSA) is 107 Å². The predicted molar refractivity (Wildman–Crippen MR) is 162 cm³/mol. The van der Waals surface area contributed by atoms with Crippen LogP contribution in [0.25, 0.3) is 0 Å². The Labute approximate surface area is 262 Å². The molecular weight excluding hydrogens is 631 g/mol. The Morgan fingerprint density at radius 2 is 1.64 bits per heavy atom. The molecule has 45 heavy (non-hydrogen) atoms. The first kappa shape index (κ1) is 30.5. The lowest BCUT2D eigenvalue weighted by Gasteiger charge is -2.31. The molecule has 4 aromatic rings. The number of benzene rings is 3. The Hall–Kier alpha value is -4.56. The lowest BCUT2D eigenvalue weighted by Crippen LogP contribution is -2.33. The van der Waals surface area contributed by atoms with Crippen molar-refractivity contribution >= 4 is 52.2 Å². The molecular formula is C31H24F3N3O6S2. The summed E-state index contributed by atoms with van der Waals surface area (Å²) in [7, 11) is 2.90. The molecule has 2 aliphatic heterocycles. The van der Waals surface area contributed by atoms with Crippen LogP contribution in [0.4, 0.5) is 24.5 Å². The number of hydrogen-bond donors (Lipinski definition) is 1. The fraction of sp³-hybridized carbons (Fsp3) is 0.226. The Balaban J connectivity index is 1.45. The molecule has 0 aliphatic carbocycles. The molecule has 2 aliphatic rings. The first-order chi connectivity index (χ1) is 21.5. The molecule has 0 radical (unpaired) electrons. The minimum absolute atomic E-state index is 0.205. The van der Waals surface area contributed by atoms with Crippen molar-refractivity contribution in [3.8, 4) is 11.5 Å². The molecule has 6 rings (SSSR count). The minimum Gasteiger partial charge on any atom is -0.493 e. The van der Waals surface area contributed by atoms with Gasteiger partial charge in [0.25, 0.3) is 0 Å². The normalized spacial score (nSPS) is 19.2. The third-order valence-electron chi connectivity index (χ3n) is 7.61. The van der Waals surface area contributed by atoms with E-state index >= 15 is 0 Å². The summed E-state index contributed by atoms with van der Waals surface area (Å²) in [5.41, 5.74) is -0.150. The summed E-state index contributed by atoms with van der Waals surface area (Å²) in [6, 6.07) is 17.7. The average Bonchev–Trinajstić information content (AvgIpc) is 3.46. The van der Waals surface area contributed by atoms with Crippen LogP contribution in [0.1, 0.15) is 21.9 Å². The predicted octanol–water partition coefficient (Wildman–Crippen LogP) is 5.38. The standard InChI is InChI=1S/C31H24F3N3O6S2/c1-42-20-12-11-16(13-21(20)43-2)23-24-25(28(40)37(27(24)39)19-10-6-7-17(14-19)31(32,33)34)44-29-26(23)45-30(41)36(29)15-22(38)35-18-8-4-3-5-9-18/h3-14,23-25H,15H2,1-2H3,(H,35,38)/t23-,24?,25?/m1/s1. The monoisotopic (exact) mass is 655 g/mol. The fourth-order valence-electron chi connectivity index (χ4n) is 5.60. The molecule has 3 heterocycles. The first-order valence-corrected chi connectivity index (χ1v) is 15.2. The summed E-state index contributed by atoms with van der Waals surface area (Å²) >= 11 is 1.81. The highest BCUT2D eigenvalue weighted by Gasteiger charge is 2.57. The van der Waals surface area contributed by atoms with E-state index in [9.17, 15) is 32.3 Å². The number of thioether (sulfide) groups is 1. The van der Waals surface area contributed by atoms with Crippen molar-refractivity contribution in [1.82, 2.24) is 4.57 Å². The highest BCUT2D eigenvalue weighted by molar-refractivity contribution is 8.00. The van der Waals surface area contributed by atoms with Crippen LogP contribution >= 0.6 is 23.1 Å². The molecule has 3 aromatic carbocycles. The number of nitrogens with one attached hydrogen (secondary N) is 1. The largest absolute Gasteiger partial charge is 0.493 e. The second-order valence-corrected chi connectivity index (χ2v) is 12.4. The summed E-state index contributed by atoms with van der Waals surface area (Å²) in [6.45, 7) is -0.359. The first-order valence-electron chi connectivity index (χ1n) is 13.5. The number of alkyl halides is 3. The molecule has 1 N–H and O–H groups in total. The summed E-state index contributed by atoms with van der Waals surface area (Å²) in [6.07, 6.45) is -4.69. The quantitative estimate of drug-likeness (QED) is 0.267. The van der Waals surface area contributed by atoms with E-state index in [2.05, 4.69) is 5.32 Å². The zero-order chi connectivity index (χ0) is 32.0. The Morgan fingerprint density at radius 1 is 0.911 bits per heavy atom. The number of methoxy groups -OCH3 is 2. The summed E-state index contributed by atoms with van der Waals surface area (Å²) in [5.74, 6) is -3.06. The number of aromatic nitrogens is 1. The van der Waals surface area contributed by atoms with E-state index in [1.165, 1.54) is 24.9 Å².